The number of ether oxygens (including phenoxy) is 2. The fourth-order valence-corrected chi connectivity index (χ4v) is 2.89. The number of nitrogens with zero attached hydrogens (tertiary/aromatic N) is 3. The fourth-order valence-electron chi connectivity index (χ4n) is 2.89. The van der Waals surface area contributed by atoms with E-state index >= 15 is 0 Å². The van der Waals surface area contributed by atoms with Gasteiger partial charge in [-0.15, -0.1) is 10.2 Å². The Morgan fingerprint density at radius 2 is 1.81 bits per heavy atom. The fraction of sp³-hybridized carbons (Fsp3) is 0.333. The molecule has 1 N–H and O–H groups in total. The smallest absolute Gasteiger partial charge is 0.419 e. The Hall–Kier alpha value is -3.11. The Labute approximate surface area is 177 Å². The number of rotatable bonds is 9. The second-order valence-electron chi connectivity index (χ2n) is 6.88. The molecule has 1 atom stereocenters. The van der Waals surface area contributed by atoms with Crippen LogP contribution in [0, 0.1) is 0 Å². The summed E-state index contributed by atoms with van der Waals surface area (Å²) in [5.41, 5.74) is -0.147. The molecule has 1 unspecified atom stereocenters. The normalized spacial score (nSPS) is 12.7. The van der Waals surface area contributed by atoms with Gasteiger partial charge in [0.25, 0.3) is 0 Å². The molecule has 0 aliphatic heterocycles. The first kappa shape index (κ1) is 22.6. The Balaban J connectivity index is 1.52. The summed E-state index contributed by atoms with van der Waals surface area (Å²) in [6.07, 6.45) is -5.55. The van der Waals surface area contributed by atoms with E-state index in [1.165, 1.54) is 18.2 Å². The number of methoxy groups -OCH3 is 1. The van der Waals surface area contributed by atoms with E-state index in [1.54, 1.807) is 43.3 Å². The van der Waals surface area contributed by atoms with Gasteiger partial charge in [-0.1, -0.05) is 12.1 Å². The molecule has 166 valence electrons. The third kappa shape index (κ3) is 6.19. The molecule has 0 spiro atoms. The Kier molecular flexibility index (Phi) is 7.13. The minimum Gasteiger partial charge on any atom is -0.497 e. The molecule has 0 aliphatic rings. The maximum Gasteiger partial charge on any atom is 0.419 e. The van der Waals surface area contributed by atoms with Crippen LogP contribution in [0.3, 0.4) is 0 Å². The van der Waals surface area contributed by atoms with Gasteiger partial charge in [0.2, 0.25) is 11.8 Å². The van der Waals surface area contributed by atoms with Crippen LogP contribution in [-0.4, -0.2) is 53.6 Å². The van der Waals surface area contributed by atoms with Crippen LogP contribution < -0.4 is 9.47 Å². The zero-order chi connectivity index (χ0) is 22.4. The van der Waals surface area contributed by atoms with Gasteiger partial charge in [0, 0.05) is 12.1 Å². The minimum absolute atomic E-state index is 0.133. The first-order valence-electron chi connectivity index (χ1n) is 9.38. The lowest BCUT2D eigenvalue weighted by atomic mass is 10.2. The van der Waals surface area contributed by atoms with Crippen molar-refractivity contribution in [2.75, 3.05) is 27.3 Å². The van der Waals surface area contributed by atoms with E-state index in [0.717, 1.165) is 11.6 Å². The predicted molar refractivity (Wildman–Crippen MR) is 106 cm³/mol. The summed E-state index contributed by atoms with van der Waals surface area (Å²) in [5.74, 6) is 1.07. The van der Waals surface area contributed by atoms with Gasteiger partial charge in [0.05, 0.1) is 19.2 Å². The van der Waals surface area contributed by atoms with Crippen molar-refractivity contribution in [3.8, 4) is 23.0 Å². The quantitative estimate of drug-likeness (QED) is 0.548. The summed E-state index contributed by atoms with van der Waals surface area (Å²) in [6, 6.07) is 12.0. The molecule has 0 bridgehead atoms. The van der Waals surface area contributed by atoms with Crippen LogP contribution in [0.2, 0.25) is 0 Å². The molecular weight excluding hydrogens is 415 g/mol. The molecule has 1 heterocycles. The average Bonchev–Trinajstić information content (AvgIpc) is 3.20. The lowest BCUT2D eigenvalue weighted by Gasteiger charge is -2.20. The Bertz CT molecular complexity index is 977. The lowest BCUT2D eigenvalue weighted by molar-refractivity contribution is -0.139. The highest BCUT2D eigenvalue weighted by Gasteiger charge is 2.34. The van der Waals surface area contributed by atoms with Crippen molar-refractivity contribution >= 4 is 0 Å². The average molecular weight is 437 g/mol. The zero-order valence-corrected chi connectivity index (χ0v) is 17.0. The summed E-state index contributed by atoms with van der Waals surface area (Å²) in [5, 5.41) is 18.2. The number of para-hydroxylation sites is 1. The molecule has 7 nitrogen and oxygen atoms in total. The topological polar surface area (TPSA) is 80.9 Å². The molecule has 0 amide bonds. The summed E-state index contributed by atoms with van der Waals surface area (Å²) in [4.78, 5) is 1.70. The monoisotopic (exact) mass is 437 g/mol. The van der Waals surface area contributed by atoms with E-state index < -0.39 is 17.8 Å². The standard InChI is InChI=1S/C21H22F3N3O4/c1-27(11-15(28)13-30-18-6-4-3-5-17(18)21(22,23)24)12-19-25-26-20(31-19)14-7-9-16(29-2)10-8-14/h3-10,15,28H,11-13H2,1-2H3. The molecule has 31 heavy (non-hydrogen) atoms. The zero-order valence-electron chi connectivity index (χ0n) is 17.0. The van der Waals surface area contributed by atoms with Crippen LogP contribution in [0.1, 0.15) is 11.5 Å². The number of aliphatic hydroxyl groups is 1. The first-order valence-corrected chi connectivity index (χ1v) is 9.38. The van der Waals surface area contributed by atoms with E-state index in [2.05, 4.69) is 10.2 Å². The number of alkyl halides is 3. The van der Waals surface area contributed by atoms with E-state index in [-0.39, 0.29) is 25.4 Å². The number of hydrogen-bond donors (Lipinski definition) is 1. The molecule has 10 heteroatoms. The van der Waals surface area contributed by atoms with Gasteiger partial charge in [-0.3, -0.25) is 4.90 Å². The van der Waals surface area contributed by atoms with Gasteiger partial charge in [0.15, 0.2) is 0 Å². The largest absolute Gasteiger partial charge is 0.497 e. The predicted octanol–water partition coefficient (Wildman–Crippen LogP) is 3.64. The number of likely N-dealkylation sites (N-methyl/N-ethyl adjacent to an activating group) is 1. The number of aliphatic hydroxyl groups excluding tert-OH is 1. The van der Waals surface area contributed by atoms with Gasteiger partial charge in [0.1, 0.15) is 24.2 Å². The number of aromatic nitrogens is 2. The molecule has 0 aliphatic carbocycles. The third-order valence-corrected chi connectivity index (χ3v) is 4.36. The third-order valence-electron chi connectivity index (χ3n) is 4.36. The number of halogens is 3. The van der Waals surface area contributed by atoms with E-state index in [4.69, 9.17) is 13.9 Å². The van der Waals surface area contributed by atoms with Crippen molar-refractivity contribution in [1.82, 2.24) is 15.1 Å². The van der Waals surface area contributed by atoms with Crippen LogP contribution in [0.5, 0.6) is 11.5 Å². The molecule has 1 aromatic heterocycles. The Morgan fingerprint density at radius 3 is 2.48 bits per heavy atom. The molecule has 2 aromatic carbocycles. The van der Waals surface area contributed by atoms with Crippen LogP contribution in [0.25, 0.3) is 11.5 Å². The minimum atomic E-state index is -4.53. The molecule has 0 radical (unpaired) electrons. The van der Waals surface area contributed by atoms with Gasteiger partial charge < -0.3 is 19.0 Å². The van der Waals surface area contributed by atoms with Crippen molar-refractivity contribution in [2.45, 2.75) is 18.8 Å². The molecule has 0 saturated carbocycles. The first-order chi connectivity index (χ1) is 14.8. The van der Waals surface area contributed by atoms with Crippen molar-refractivity contribution in [1.29, 1.82) is 0 Å². The summed E-state index contributed by atoms with van der Waals surface area (Å²) in [6.45, 7) is 0.0894. The molecule has 3 rings (SSSR count). The Morgan fingerprint density at radius 1 is 1.10 bits per heavy atom. The van der Waals surface area contributed by atoms with Gasteiger partial charge in [-0.25, -0.2) is 0 Å². The van der Waals surface area contributed by atoms with Crippen molar-refractivity contribution in [3.05, 3.63) is 60.0 Å². The highest BCUT2D eigenvalue weighted by atomic mass is 19.4. The van der Waals surface area contributed by atoms with Crippen molar-refractivity contribution in [2.24, 2.45) is 0 Å². The molecule has 0 saturated heterocycles. The summed E-state index contributed by atoms with van der Waals surface area (Å²) in [7, 11) is 3.29. The summed E-state index contributed by atoms with van der Waals surface area (Å²) >= 11 is 0. The van der Waals surface area contributed by atoms with Gasteiger partial charge in [-0.2, -0.15) is 13.2 Å². The highest BCUT2D eigenvalue weighted by Crippen LogP contribution is 2.35. The van der Waals surface area contributed by atoms with Crippen molar-refractivity contribution in [3.63, 3.8) is 0 Å². The van der Waals surface area contributed by atoms with Crippen LogP contribution in [0.4, 0.5) is 13.2 Å². The van der Waals surface area contributed by atoms with Crippen LogP contribution in [0.15, 0.2) is 52.9 Å². The number of benzene rings is 2. The highest BCUT2D eigenvalue weighted by molar-refractivity contribution is 5.53. The van der Waals surface area contributed by atoms with Gasteiger partial charge in [-0.05, 0) is 43.4 Å². The van der Waals surface area contributed by atoms with Crippen molar-refractivity contribution < 1.29 is 32.2 Å². The van der Waals surface area contributed by atoms with E-state index in [1.807, 2.05) is 0 Å². The molecule has 3 aromatic rings. The SMILES string of the molecule is COc1ccc(-c2nnc(CN(C)CC(O)COc3ccccc3C(F)(F)F)o2)cc1. The van der Waals surface area contributed by atoms with Gasteiger partial charge >= 0.3 is 6.18 Å². The maximum atomic E-state index is 13.0. The second-order valence-corrected chi connectivity index (χ2v) is 6.88. The van der Waals surface area contributed by atoms with E-state index in [9.17, 15) is 18.3 Å². The second kappa shape index (κ2) is 9.80. The summed E-state index contributed by atoms with van der Waals surface area (Å²) < 4.78 is 55.0. The lowest BCUT2D eigenvalue weighted by Crippen LogP contribution is -2.33. The molecular formula is C21H22F3N3O4. The van der Waals surface area contributed by atoms with Crippen LogP contribution >= 0.6 is 0 Å². The van der Waals surface area contributed by atoms with E-state index in [0.29, 0.717) is 17.5 Å². The molecule has 0 fully saturated rings. The maximum absolute atomic E-state index is 13.0. The number of hydrogen-bond acceptors (Lipinski definition) is 7. The van der Waals surface area contributed by atoms with Crippen LogP contribution in [-0.2, 0) is 12.7 Å².